The Kier molecular flexibility index (Phi) is 5.02. The Morgan fingerprint density at radius 1 is 0.697 bits per heavy atom. The monoisotopic (exact) mass is 502 g/mol. The first-order chi connectivity index (χ1) is 14.8. The van der Waals surface area contributed by atoms with Gasteiger partial charge < -0.3 is 4.74 Å². The highest BCUT2D eigenvalue weighted by atomic mass is 19.4. The molecule has 5 aliphatic rings. The predicted molar refractivity (Wildman–Crippen MR) is 89.4 cm³/mol. The van der Waals surface area contributed by atoms with Crippen molar-refractivity contribution in [3.8, 4) is 0 Å². The summed E-state index contributed by atoms with van der Waals surface area (Å²) in [4.78, 5) is 12.7. The Morgan fingerprint density at radius 2 is 1.03 bits per heavy atom. The molecule has 5 saturated carbocycles. The fourth-order valence-electron chi connectivity index (χ4n) is 6.73. The third-order valence-electron chi connectivity index (χ3n) is 7.96. The first kappa shape index (κ1) is 24.8. The highest BCUT2D eigenvalue weighted by Crippen LogP contribution is 2.71. The van der Waals surface area contributed by atoms with Gasteiger partial charge in [0.2, 0.25) is 0 Å². The van der Waals surface area contributed by atoms with Crippen molar-refractivity contribution in [2.45, 2.75) is 92.8 Å². The average Bonchev–Trinajstić information content (AvgIpc) is 2.65. The molecule has 1 unspecified atom stereocenters. The summed E-state index contributed by atoms with van der Waals surface area (Å²) in [5.74, 6) is -41.3. The van der Waals surface area contributed by atoms with Gasteiger partial charge in [0, 0.05) is 0 Å². The first-order valence-corrected chi connectivity index (χ1v) is 10.6. The Bertz CT molecular complexity index is 773. The van der Waals surface area contributed by atoms with Crippen molar-refractivity contribution >= 4 is 5.97 Å². The highest BCUT2D eigenvalue weighted by molar-refractivity contribution is 5.75. The molecule has 2 nitrogen and oxygen atoms in total. The van der Waals surface area contributed by atoms with Gasteiger partial charge in [-0.15, -0.1) is 0 Å². The van der Waals surface area contributed by atoms with Gasteiger partial charge in [0.1, 0.15) is 11.5 Å². The Hall–Kier alpha value is -1.30. The molecule has 5 rings (SSSR count). The lowest BCUT2D eigenvalue weighted by atomic mass is 9.54. The molecule has 33 heavy (non-hydrogen) atoms. The van der Waals surface area contributed by atoms with Crippen LogP contribution >= 0.6 is 0 Å². The Balaban J connectivity index is 1.75. The zero-order chi connectivity index (χ0) is 25.0. The van der Waals surface area contributed by atoms with Crippen LogP contribution in [0.4, 0.5) is 48.3 Å². The molecule has 0 radical (unpaired) electrons. The van der Waals surface area contributed by atoms with Crippen LogP contribution in [0.25, 0.3) is 0 Å². The third kappa shape index (κ3) is 2.70. The topological polar surface area (TPSA) is 26.3 Å². The van der Waals surface area contributed by atoms with E-state index < -0.39 is 59.2 Å². The van der Waals surface area contributed by atoms with Crippen molar-refractivity contribution in [3.05, 3.63) is 0 Å². The molecule has 190 valence electrons. The molecule has 0 aromatic heterocycles. The normalized spacial score (nSPS) is 41.4. The number of carbonyl (C=O) groups is 1. The fourth-order valence-corrected chi connectivity index (χ4v) is 6.73. The van der Waals surface area contributed by atoms with E-state index >= 15 is 4.39 Å². The second-order valence-electron chi connectivity index (χ2n) is 10.1. The summed E-state index contributed by atoms with van der Waals surface area (Å²) in [6.45, 7) is 0.641. The van der Waals surface area contributed by atoms with E-state index in [1.807, 2.05) is 0 Å². The summed E-state index contributed by atoms with van der Waals surface area (Å²) in [6.07, 6.45) is 1.57. The maximum atomic E-state index is 15.4. The van der Waals surface area contributed by atoms with E-state index in [9.17, 15) is 48.7 Å². The van der Waals surface area contributed by atoms with Crippen molar-refractivity contribution in [2.24, 2.45) is 23.7 Å². The summed E-state index contributed by atoms with van der Waals surface area (Å²) in [5, 5.41) is 0. The Morgan fingerprint density at radius 3 is 1.36 bits per heavy atom. The maximum Gasteiger partial charge on any atom is 0.384 e. The lowest BCUT2D eigenvalue weighted by molar-refractivity contribution is -0.490. The molecular weight excluding hydrogens is 481 g/mol. The van der Waals surface area contributed by atoms with Gasteiger partial charge >= 0.3 is 35.6 Å². The lowest BCUT2D eigenvalue weighted by Crippen LogP contribution is -2.85. The number of alkyl halides is 11. The molecule has 0 aliphatic heterocycles. The number of carbonyl (C=O) groups excluding carboxylic acids is 1. The summed E-state index contributed by atoms with van der Waals surface area (Å²) in [5.41, 5.74) is -7.69. The van der Waals surface area contributed by atoms with Crippen molar-refractivity contribution < 1.29 is 57.8 Å². The molecule has 0 heterocycles. The molecule has 0 N–H and O–H groups in total. The van der Waals surface area contributed by atoms with Crippen LogP contribution in [0.2, 0.25) is 0 Å². The Labute approximate surface area is 181 Å². The number of rotatable bonds is 4. The van der Waals surface area contributed by atoms with Gasteiger partial charge in [-0.1, -0.05) is 6.92 Å². The maximum absolute atomic E-state index is 15.4. The van der Waals surface area contributed by atoms with E-state index in [-0.39, 0.29) is 37.0 Å². The zero-order valence-corrected chi connectivity index (χ0v) is 17.2. The lowest BCUT2D eigenvalue weighted by Gasteiger charge is -2.57. The number of ether oxygens (including phenoxy) is 1. The van der Waals surface area contributed by atoms with Gasteiger partial charge in [0.05, 0.1) is 0 Å². The van der Waals surface area contributed by atoms with E-state index in [1.165, 1.54) is 0 Å². The van der Waals surface area contributed by atoms with Crippen molar-refractivity contribution in [1.29, 1.82) is 0 Å². The van der Waals surface area contributed by atoms with Crippen molar-refractivity contribution in [2.75, 3.05) is 0 Å². The number of hydrogen-bond acceptors (Lipinski definition) is 2. The predicted octanol–water partition coefficient (Wildman–Crippen LogP) is 6.42. The van der Waals surface area contributed by atoms with Crippen LogP contribution in [0.3, 0.4) is 0 Å². The van der Waals surface area contributed by atoms with Crippen molar-refractivity contribution in [3.63, 3.8) is 0 Å². The molecule has 13 heteroatoms. The van der Waals surface area contributed by atoms with Crippen LogP contribution < -0.4 is 0 Å². The smallest absolute Gasteiger partial charge is 0.384 e. The minimum Gasteiger partial charge on any atom is -0.459 e. The molecule has 0 saturated heterocycles. The van der Waals surface area contributed by atoms with Crippen LogP contribution in [-0.4, -0.2) is 46.9 Å². The standard InChI is InChI=1S/C20H21F11O2/c1-2-12(13(32)33-14-6-9-3-10(7-14)5-11(4-9)8-14)15(21)16(22,23)18(26,27)20(30,31)19(28,29)17(15,24)25/h9-12H,2-8H2,1H3. The first-order valence-electron chi connectivity index (χ1n) is 10.6. The second kappa shape index (κ2) is 6.67. The zero-order valence-electron chi connectivity index (χ0n) is 17.2. The SMILES string of the molecule is CCC(C(=O)OC12CC3CC(CC(C3)C1)C2)C1(F)C(F)(F)C(F)(F)C(F)(F)C(F)(F)C1(F)F. The van der Waals surface area contributed by atoms with Gasteiger partial charge in [-0.2, -0.15) is 43.9 Å². The summed E-state index contributed by atoms with van der Waals surface area (Å²) in [6, 6.07) is 0. The molecule has 1 atom stereocenters. The summed E-state index contributed by atoms with van der Waals surface area (Å²) >= 11 is 0. The van der Waals surface area contributed by atoms with E-state index in [0.29, 0.717) is 6.92 Å². The number of hydrogen-bond donors (Lipinski definition) is 0. The van der Waals surface area contributed by atoms with Gasteiger partial charge in [-0.25, -0.2) is 4.39 Å². The second-order valence-corrected chi connectivity index (χ2v) is 10.1. The minimum atomic E-state index is -7.30. The minimum absolute atomic E-state index is 0.0633. The summed E-state index contributed by atoms with van der Waals surface area (Å²) < 4.78 is 161. The van der Waals surface area contributed by atoms with E-state index in [4.69, 9.17) is 4.74 Å². The molecule has 0 aromatic carbocycles. The molecule has 0 amide bonds. The third-order valence-corrected chi connectivity index (χ3v) is 7.96. The van der Waals surface area contributed by atoms with Crippen LogP contribution in [-0.2, 0) is 9.53 Å². The van der Waals surface area contributed by atoms with E-state index in [1.54, 1.807) is 0 Å². The van der Waals surface area contributed by atoms with Crippen LogP contribution in [0.1, 0.15) is 51.9 Å². The van der Waals surface area contributed by atoms with Gasteiger partial charge in [-0.05, 0) is 62.7 Å². The number of halogens is 11. The molecule has 0 aromatic rings. The number of esters is 1. The van der Waals surface area contributed by atoms with Gasteiger partial charge in [0.15, 0.2) is 0 Å². The van der Waals surface area contributed by atoms with Crippen molar-refractivity contribution in [1.82, 2.24) is 0 Å². The molecular formula is C20H21F11O2. The largest absolute Gasteiger partial charge is 0.459 e. The van der Waals surface area contributed by atoms with E-state index in [2.05, 4.69) is 0 Å². The van der Waals surface area contributed by atoms with Gasteiger partial charge in [0.25, 0.3) is 5.67 Å². The highest BCUT2D eigenvalue weighted by Gasteiger charge is 3.02. The quantitative estimate of drug-likeness (QED) is 0.328. The van der Waals surface area contributed by atoms with Gasteiger partial charge in [-0.3, -0.25) is 4.79 Å². The molecule has 5 fully saturated rings. The molecule has 4 bridgehead atoms. The molecule has 5 aliphatic carbocycles. The summed E-state index contributed by atoms with van der Waals surface area (Å²) in [7, 11) is 0. The van der Waals surface area contributed by atoms with E-state index in [0.717, 1.165) is 19.3 Å². The molecule has 0 spiro atoms. The average molecular weight is 502 g/mol. The van der Waals surface area contributed by atoms with Crippen LogP contribution in [0.5, 0.6) is 0 Å². The fraction of sp³-hybridized carbons (Fsp3) is 0.950. The van der Waals surface area contributed by atoms with Crippen LogP contribution in [0, 0.1) is 23.7 Å². The van der Waals surface area contributed by atoms with Crippen LogP contribution in [0.15, 0.2) is 0 Å².